The van der Waals surface area contributed by atoms with Crippen molar-refractivity contribution in [2.45, 2.75) is 0 Å². The minimum Gasteiger partial charge on any atom is -0.351 e. The largest absolute Gasteiger partial charge is 0.351 e. The van der Waals surface area contributed by atoms with Gasteiger partial charge in [-0.25, -0.2) is 9.97 Å². The van der Waals surface area contributed by atoms with Gasteiger partial charge in [0.1, 0.15) is 0 Å². The van der Waals surface area contributed by atoms with E-state index in [0.29, 0.717) is 29.6 Å². The van der Waals surface area contributed by atoms with Crippen molar-refractivity contribution in [1.82, 2.24) is 19.9 Å². The van der Waals surface area contributed by atoms with Crippen molar-refractivity contribution < 1.29 is 4.79 Å². The summed E-state index contributed by atoms with van der Waals surface area (Å²) in [7, 11) is 1.91. The minimum atomic E-state index is -0.162. The molecule has 2 heterocycles. The number of fused-ring (bicyclic) bond motifs is 2. The Kier molecular flexibility index (Phi) is 6.04. The highest BCUT2D eigenvalue weighted by Gasteiger charge is 2.13. The van der Waals surface area contributed by atoms with Crippen molar-refractivity contribution >= 4 is 73.6 Å². The van der Waals surface area contributed by atoms with Gasteiger partial charge in [-0.05, 0) is 36.4 Å². The molecule has 0 aliphatic carbocycles. The molecule has 7 nitrogen and oxygen atoms in total. The summed E-state index contributed by atoms with van der Waals surface area (Å²) in [6.07, 6.45) is 0. The molecule has 28 heavy (non-hydrogen) atoms. The van der Waals surface area contributed by atoms with Crippen molar-refractivity contribution in [3.8, 4) is 0 Å². The molecule has 2 aromatic heterocycles. The van der Waals surface area contributed by atoms with Crippen molar-refractivity contribution in [3.63, 3.8) is 0 Å². The van der Waals surface area contributed by atoms with Gasteiger partial charge in [0.25, 0.3) is 5.91 Å². The Morgan fingerprint density at radius 1 is 1.21 bits per heavy atom. The maximum Gasteiger partial charge on any atom is 0.251 e. The molecule has 2 aromatic carbocycles. The Morgan fingerprint density at radius 2 is 2.04 bits per heavy atom. The molecular weight excluding hydrogens is 419 g/mol. The third-order valence-corrected chi connectivity index (χ3v) is 5.31. The van der Waals surface area contributed by atoms with Crippen LogP contribution in [-0.2, 0) is 7.05 Å². The molecule has 0 atom stereocenters. The highest BCUT2D eigenvalue weighted by molar-refractivity contribution is 7.22. The average molecular weight is 437 g/mol. The fraction of sp³-hybridized carbons (Fsp3) is 0.167. The number of nitrogens with one attached hydrogen (secondary N) is 2. The summed E-state index contributed by atoms with van der Waals surface area (Å²) in [6, 6.07) is 11.0. The molecule has 0 fully saturated rings. The number of nitrogens with two attached hydrogens (primary N) is 1. The van der Waals surface area contributed by atoms with Gasteiger partial charge in [-0.2, -0.15) is 0 Å². The smallest absolute Gasteiger partial charge is 0.251 e. The minimum absolute atomic E-state index is 0. The number of hydrogen-bond acceptors (Lipinski definition) is 6. The maximum atomic E-state index is 12.1. The van der Waals surface area contributed by atoms with Crippen LogP contribution in [0.15, 0.2) is 36.4 Å². The zero-order valence-corrected chi connectivity index (χ0v) is 17.3. The summed E-state index contributed by atoms with van der Waals surface area (Å²) in [5.74, 6) is 0.486. The number of carbonyl (C=O) groups excluding carboxylic acids is 1. The summed E-state index contributed by atoms with van der Waals surface area (Å²) in [5, 5.41) is 7.42. The van der Waals surface area contributed by atoms with Crippen molar-refractivity contribution in [3.05, 3.63) is 47.0 Å². The van der Waals surface area contributed by atoms with Crippen LogP contribution >= 0.6 is 35.3 Å². The SMILES string of the molecule is Cl.Cn1c(Nc2nc3ccc(Cl)cc3s2)nc2cc(C(=O)NCCN)ccc21. The van der Waals surface area contributed by atoms with E-state index < -0.39 is 0 Å². The van der Waals surface area contributed by atoms with E-state index >= 15 is 0 Å². The number of benzene rings is 2. The predicted octanol–water partition coefficient (Wildman–Crippen LogP) is 3.69. The number of aryl methyl sites for hydroxylation is 1. The van der Waals surface area contributed by atoms with E-state index in [0.717, 1.165) is 26.4 Å². The van der Waals surface area contributed by atoms with Crippen LogP contribution in [0.4, 0.5) is 11.1 Å². The summed E-state index contributed by atoms with van der Waals surface area (Å²) in [4.78, 5) is 21.3. The highest BCUT2D eigenvalue weighted by Crippen LogP contribution is 2.30. The molecule has 0 aliphatic rings. The van der Waals surface area contributed by atoms with Crippen LogP contribution in [0.3, 0.4) is 0 Å². The van der Waals surface area contributed by atoms with Gasteiger partial charge >= 0.3 is 0 Å². The number of imidazole rings is 1. The van der Waals surface area contributed by atoms with E-state index in [-0.39, 0.29) is 18.3 Å². The molecule has 10 heteroatoms. The number of anilines is 2. The van der Waals surface area contributed by atoms with E-state index in [1.165, 1.54) is 11.3 Å². The van der Waals surface area contributed by atoms with Crippen molar-refractivity contribution in [1.29, 1.82) is 0 Å². The molecular formula is C18H18Cl2N6OS. The first kappa shape index (κ1) is 20.3. The number of halogens is 2. The van der Waals surface area contributed by atoms with Crippen LogP contribution in [0, 0.1) is 0 Å². The van der Waals surface area contributed by atoms with E-state index in [4.69, 9.17) is 17.3 Å². The highest BCUT2D eigenvalue weighted by atomic mass is 35.5. The molecule has 0 unspecified atom stereocenters. The molecule has 4 N–H and O–H groups in total. The number of rotatable bonds is 5. The lowest BCUT2D eigenvalue weighted by Gasteiger charge is -2.04. The third-order valence-electron chi connectivity index (χ3n) is 4.14. The second-order valence-corrected chi connectivity index (χ2v) is 7.47. The summed E-state index contributed by atoms with van der Waals surface area (Å²) < 4.78 is 2.93. The molecule has 0 saturated heterocycles. The molecule has 146 valence electrons. The average Bonchev–Trinajstić information content (AvgIpc) is 3.19. The van der Waals surface area contributed by atoms with E-state index in [1.807, 2.05) is 35.9 Å². The topological polar surface area (TPSA) is 97.9 Å². The number of thiazole rings is 1. The van der Waals surface area contributed by atoms with Crippen LogP contribution in [-0.4, -0.2) is 33.5 Å². The molecule has 1 amide bonds. The Labute approximate surface area is 176 Å². The monoisotopic (exact) mass is 436 g/mol. The number of amides is 1. The Morgan fingerprint density at radius 3 is 2.82 bits per heavy atom. The van der Waals surface area contributed by atoms with Crippen molar-refractivity contribution in [2.24, 2.45) is 12.8 Å². The number of carbonyl (C=O) groups is 1. The molecule has 0 bridgehead atoms. The summed E-state index contributed by atoms with van der Waals surface area (Å²) in [5.41, 5.74) is 8.50. The normalized spacial score (nSPS) is 10.8. The summed E-state index contributed by atoms with van der Waals surface area (Å²) in [6.45, 7) is 0.840. The van der Waals surface area contributed by atoms with Gasteiger partial charge in [0.05, 0.1) is 21.3 Å². The van der Waals surface area contributed by atoms with Gasteiger partial charge in [0, 0.05) is 30.7 Å². The van der Waals surface area contributed by atoms with Gasteiger partial charge in [-0.1, -0.05) is 22.9 Å². The number of hydrogen-bond donors (Lipinski definition) is 3. The zero-order valence-electron chi connectivity index (χ0n) is 14.9. The maximum absolute atomic E-state index is 12.1. The van der Waals surface area contributed by atoms with E-state index in [9.17, 15) is 4.79 Å². The Bertz CT molecular complexity index is 1160. The molecule has 4 rings (SSSR count). The number of nitrogens with zero attached hydrogens (tertiary/aromatic N) is 3. The predicted molar refractivity (Wildman–Crippen MR) is 117 cm³/mol. The van der Waals surface area contributed by atoms with E-state index in [2.05, 4.69) is 20.6 Å². The van der Waals surface area contributed by atoms with Crippen LogP contribution in [0.25, 0.3) is 21.3 Å². The van der Waals surface area contributed by atoms with Gasteiger partial charge in [0.15, 0.2) is 5.13 Å². The van der Waals surface area contributed by atoms with E-state index in [1.54, 1.807) is 12.1 Å². The lowest BCUT2D eigenvalue weighted by Crippen LogP contribution is -2.28. The van der Waals surface area contributed by atoms with Gasteiger partial charge in [0.2, 0.25) is 5.95 Å². The van der Waals surface area contributed by atoms with Crippen LogP contribution in [0.1, 0.15) is 10.4 Å². The molecule has 0 spiro atoms. The summed E-state index contributed by atoms with van der Waals surface area (Å²) >= 11 is 7.55. The Balaban J connectivity index is 0.00000225. The van der Waals surface area contributed by atoms with Crippen LogP contribution in [0.2, 0.25) is 5.02 Å². The standard InChI is InChI=1S/C18H17ClN6OS.ClH/c1-25-14-5-2-10(16(26)21-7-6-20)8-13(14)22-17(25)24-18-23-12-4-3-11(19)9-15(12)27-18;/h2-5,8-9H,6-7,20H2,1H3,(H,21,26)(H,22,23,24);1H. The molecule has 4 aromatic rings. The fourth-order valence-electron chi connectivity index (χ4n) is 2.79. The quantitative estimate of drug-likeness (QED) is 0.443. The van der Waals surface area contributed by atoms with Crippen LogP contribution < -0.4 is 16.4 Å². The Hall–Kier alpha value is -2.39. The van der Waals surface area contributed by atoms with Gasteiger partial charge in [-0.3, -0.25) is 4.79 Å². The first-order chi connectivity index (χ1) is 13.0. The zero-order chi connectivity index (χ0) is 19.0. The second-order valence-electron chi connectivity index (χ2n) is 6.00. The van der Waals surface area contributed by atoms with Crippen LogP contribution in [0.5, 0.6) is 0 Å². The molecule has 0 aliphatic heterocycles. The van der Waals surface area contributed by atoms with Gasteiger partial charge in [-0.15, -0.1) is 12.4 Å². The number of aromatic nitrogens is 3. The molecule has 0 saturated carbocycles. The van der Waals surface area contributed by atoms with Crippen molar-refractivity contribution in [2.75, 3.05) is 18.4 Å². The first-order valence-electron chi connectivity index (χ1n) is 8.33. The fourth-order valence-corrected chi connectivity index (χ4v) is 3.92. The lowest BCUT2D eigenvalue weighted by atomic mass is 10.2. The first-order valence-corrected chi connectivity index (χ1v) is 9.52. The van der Waals surface area contributed by atoms with Gasteiger partial charge < -0.3 is 20.9 Å². The molecule has 0 radical (unpaired) electrons. The second kappa shape index (κ2) is 8.32. The third kappa shape index (κ3) is 3.90. The lowest BCUT2D eigenvalue weighted by molar-refractivity contribution is 0.0955.